The Labute approximate surface area is 149 Å². The molecule has 7 heteroatoms. The molecule has 0 aliphatic heterocycles. The lowest BCUT2D eigenvalue weighted by molar-refractivity contribution is -0.104. The van der Waals surface area contributed by atoms with Gasteiger partial charge in [-0.3, -0.25) is 14.6 Å². The van der Waals surface area contributed by atoms with Gasteiger partial charge in [0.2, 0.25) is 5.78 Å². The van der Waals surface area contributed by atoms with Crippen molar-refractivity contribution in [1.82, 2.24) is 9.55 Å². The maximum atomic E-state index is 14.2. The van der Waals surface area contributed by atoms with Crippen molar-refractivity contribution in [2.24, 2.45) is 0 Å². The Balaban J connectivity index is 2.20. The molecule has 26 heavy (non-hydrogen) atoms. The van der Waals surface area contributed by atoms with Gasteiger partial charge in [-0.15, -0.1) is 0 Å². The Morgan fingerprint density at radius 2 is 2.04 bits per heavy atom. The van der Waals surface area contributed by atoms with Gasteiger partial charge in [-0.25, -0.2) is 4.39 Å². The fourth-order valence-electron chi connectivity index (χ4n) is 2.99. The Kier molecular flexibility index (Phi) is 4.71. The minimum Gasteiger partial charge on any atom is -0.495 e. The van der Waals surface area contributed by atoms with Crippen LogP contribution < -0.4 is 9.47 Å². The second-order valence-electron chi connectivity index (χ2n) is 5.72. The van der Waals surface area contributed by atoms with Crippen molar-refractivity contribution in [2.75, 3.05) is 14.2 Å². The Bertz CT molecular complexity index is 993. The summed E-state index contributed by atoms with van der Waals surface area (Å²) < 4.78 is 26.1. The van der Waals surface area contributed by atoms with Crippen LogP contribution in [-0.2, 0) is 11.3 Å². The smallest absolute Gasteiger partial charge is 0.227 e. The lowest BCUT2D eigenvalue weighted by Crippen LogP contribution is -2.06. The molecule has 0 aliphatic rings. The highest BCUT2D eigenvalue weighted by molar-refractivity contribution is 6.37. The van der Waals surface area contributed by atoms with Crippen molar-refractivity contribution >= 4 is 23.0 Å². The quantitative estimate of drug-likeness (QED) is 0.386. The molecule has 0 saturated heterocycles. The molecule has 0 saturated carbocycles. The normalized spacial score (nSPS) is 10.8. The van der Waals surface area contributed by atoms with E-state index in [-0.39, 0.29) is 17.6 Å². The first-order valence-electron chi connectivity index (χ1n) is 7.85. The molecule has 2 heterocycles. The number of ether oxygens (including phenoxy) is 2. The van der Waals surface area contributed by atoms with Crippen molar-refractivity contribution in [2.45, 2.75) is 13.5 Å². The van der Waals surface area contributed by atoms with E-state index in [4.69, 9.17) is 9.47 Å². The Hall–Kier alpha value is -3.22. The first-order valence-corrected chi connectivity index (χ1v) is 7.85. The number of carbonyl (C=O) groups excluding carboxylic acids is 2. The highest BCUT2D eigenvalue weighted by Crippen LogP contribution is 2.32. The van der Waals surface area contributed by atoms with Crippen LogP contribution in [0.1, 0.15) is 21.7 Å². The van der Waals surface area contributed by atoms with E-state index in [0.29, 0.717) is 34.6 Å². The van der Waals surface area contributed by atoms with E-state index < -0.39 is 11.6 Å². The summed E-state index contributed by atoms with van der Waals surface area (Å²) in [6.07, 6.45) is 1.84. The molecule has 0 spiro atoms. The number of ketones is 1. The molecule has 134 valence electrons. The van der Waals surface area contributed by atoms with E-state index in [9.17, 15) is 14.0 Å². The van der Waals surface area contributed by atoms with Crippen LogP contribution in [0.4, 0.5) is 4.39 Å². The molecule has 0 aliphatic carbocycles. The number of aromatic nitrogens is 2. The topological polar surface area (TPSA) is 70.4 Å². The third-order valence-corrected chi connectivity index (χ3v) is 4.30. The third-order valence-electron chi connectivity index (χ3n) is 4.30. The van der Waals surface area contributed by atoms with Crippen LogP contribution >= 0.6 is 0 Å². The fraction of sp³-hybridized carbons (Fsp3) is 0.211. The van der Waals surface area contributed by atoms with E-state index in [2.05, 4.69) is 4.98 Å². The molecule has 6 nitrogen and oxygen atoms in total. The van der Waals surface area contributed by atoms with Gasteiger partial charge in [0, 0.05) is 17.1 Å². The Morgan fingerprint density at radius 3 is 2.62 bits per heavy atom. The lowest BCUT2D eigenvalue weighted by Gasteiger charge is -2.09. The molecule has 0 bridgehead atoms. The van der Waals surface area contributed by atoms with Gasteiger partial charge in [0.1, 0.15) is 5.75 Å². The zero-order valence-corrected chi connectivity index (χ0v) is 14.6. The third kappa shape index (κ3) is 2.92. The second kappa shape index (κ2) is 6.95. The van der Waals surface area contributed by atoms with Crippen LogP contribution in [0.5, 0.6) is 11.5 Å². The lowest BCUT2D eigenvalue weighted by atomic mass is 10.1. The Morgan fingerprint density at radius 1 is 1.27 bits per heavy atom. The standard InChI is InChI=1S/C19H17FN2O4/c1-11-19(17(24)10-23)14-6-18(26-3)15(20)7-16(14)22(11)9-12-4-5-13(25-2)8-21-12/h4-8,10H,9H2,1-3H3. The van der Waals surface area contributed by atoms with Crippen molar-refractivity contribution in [3.63, 3.8) is 0 Å². The van der Waals surface area contributed by atoms with E-state index in [1.807, 2.05) is 0 Å². The van der Waals surface area contributed by atoms with E-state index >= 15 is 0 Å². The van der Waals surface area contributed by atoms with Crippen molar-refractivity contribution < 1.29 is 23.5 Å². The molecule has 3 aromatic rings. The van der Waals surface area contributed by atoms with Gasteiger partial charge in [0.15, 0.2) is 17.9 Å². The summed E-state index contributed by atoms with van der Waals surface area (Å²) in [7, 11) is 2.89. The number of pyridine rings is 1. The number of rotatable bonds is 6. The highest BCUT2D eigenvalue weighted by atomic mass is 19.1. The van der Waals surface area contributed by atoms with Gasteiger partial charge in [-0.05, 0) is 25.1 Å². The molecule has 2 aromatic heterocycles. The van der Waals surface area contributed by atoms with E-state index in [1.165, 1.54) is 19.2 Å². The number of hydrogen-bond acceptors (Lipinski definition) is 5. The summed E-state index contributed by atoms with van der Waals surface area (Å²) in [6, 6.07) is 6.29. The molecule has 0 fully saturated rings. The van der Waals surface area contributed by atoms with Crippen LogP contribution in [0, 0.1) is 12.7 Å². The van der Waals surface area contributed by atoms with Crippen LogP contribution in [0.25, 0.3) is 10.9 Å². The zero-order valence-electron chi connectivity index (χ0n) is 14.6. The van der Waals surface area contributed by atoms with Crippen LogP contribution in [0.15, 0.2) is 30.5 Å². The van der Waals surface area contributed by atoms with Gasteiger partial charge in [-0.2, -0.15) is 0 Å². The van der Waals surface area contributed by atoms with Crippen molar-refractivity contribution in [3.8, 4) is 11.5 Å². The van der Waals surface area contributed by atoms with Gasteiger partial charge in [0.25, 0.3) is 0 Å². The summed E-state index contributed by atoms with van der Waals surface area (Å²) in [6.45, 7) is 2.02. The molecular formula is C19H17FN2O4. The van der Waals surface area contributed by atoms with Gasteiger partial charge >= 0.3 is 0 Å². The van der Waals surface area contributed by atoms with Gasteiger partial charge in [0.05, 0.1) is 43.7 Å². The average molecular weight is 356 g/mol. The molecular weight excluding hydrogens is 339 g/mol. The number of nitrogens with zero attached hydrogens (tertiary/aromatic N) is 2. The first kappa shape index (κ1) is 17.6. The van der Waals surface area contributed by atoms with E-state index in [0.717, 1.165) is 0 Å². The van der Waals surface area contributed by atoms with Crippen LogP contribution in [0.2, 0.25) is 0 Å². The number of methoxy groups -OCH3 is 2. The van der Waals surface area contributed by atoms with Gasteiger partial charge < -0.3 is 14.0 Å². The van der Waals surface area contributed by atoms with Crippen LogP contribution in [-0.4, -0.2) is 35.8 Å². The van der Waals surface area contributed by atoms with Gasteiger partial charge in [-0.1, -0.05) is 0 Å². The minimum absolute atomic E-state index is 0.0113. The number of Topliss-reactive ketones (excluding diaryl/α,β-unsaturated/α-hetero) is 1. The first-order chi connectivity index (χ1) is 12.5. The fourth-order valence-corrected chi connectivity index (χ4v) is 2.99. The number of carbonyl (C=O) groups is 2. The highest BCUT2D eigenvalue weighted by Gasteiger charge is 2.22. The number of aldehydes is 1. The molecule has 1 aromatic carbocycles. The summed E-state index contributed by atoms with van der Waals surface area (Å²) in [5.41, 5.74) is 1.99. The second-order valence-corrected chi connectivity index (χ2v) is 5.72. The predicted octanol–water partition coefficient (Wildman–Crippen LogP) is 2.93. The molecule has 0 atom stereocenters. The van der Waals surface area contributed by atoms with E-state index in [1.54, 1.807) is 36.9 Å². The number of benzene rings is 1. The molecule has 0 radical (unpaired) electrons. The largest absolute Gasteiger partial charge is 0.495 e. The summed E-state index contributed by atoms with van der Waals surface area (Å²) >= 11 is 0. The number of hydrogen-bond donors (Lipinski definition) is 0. The van der Waals surface area contributed by atoms with Crippen molar-refractivity contribution in [3.05, 3.63) is 53.2 Å². The summed E-state index contributed by atoms with van der Waals surface area (Å²) in [5.74, 6) is -0.582. The monoisotopic (exact) mass is 356 g/mol. The predicted molar refractivity (Wildman–Crippen MR) is 93.5 cm³/mol. The number of fused-ring (bicyclic) bond motifs is 1. The molecule has 0 unspecified atom stereocenters. The SMILES string of the molecule is COc1ccc(Cn2c(C)c(C(=O)C=O)c3cc(OC)c(F)cc32)nc1. The number of halogens is 1. The maximum absolute atomic E-state index is 14.2. The molecule has 3 rings (SSSR count). The maximum Gasteiger partial charge on any atom is 0.227 e. The summed E-state index contributed by atoms with van der Waals surface area (Å²) in [4.78, 5) is 27.5. The average Bonchev–Trinajstić information content (AvgIpc) is 2.92. The molecule has 0 N–H and O–H groups in total. The zero-order chi connectivity index (χ0) is 18.8. The van der Waals surface area contributed by atoms with Crippen molar-refractivity contribution in [1.29, 1.82) is 0 Å². The summed E-state index contributed by atoms with van der Waals surface area (Å²) in [5, 5.41) is 0.464. The minimum atomic E-state index is -0.664. The van der Waals surface area contributed by atoms with Crippen LogP contribution in [0.3, 0.4) is 0 Å². The molecule has 0 amide bonds.